The van der Waals surface area contributed by atoms with E-state index in [9.17, 15) is 14.4 Å². The molecule has 3 rings (SSSR count). The van der Waals surface area contributed by atoms with Crippen molar-refractivity contribution in [3.05, 3.63) is 35.9 Å². The van der Waals surface area contributed by atoms with Gasteiger partial charge in [-0.3, -0.25) is 14.5 Å². The topological polar surface area (TPSA) is 93.8 Å². The van der Waals surface area contributed by atoms with Gasteiger partial charge in [-0.15, -0.1) is 0 Å². The number of urea groups is 1. The standard InChI is InChI=1S/C24H37N5O3/c30-22(26-18-20-8-3-1-4-9-20)19-28-14-16-29(17-15-28)23(31)12-7-13-25-24(32)27-21-10-5-2-6-11-21/h1,3-4,8-9,21H,2,5-7,10-19H2,(H,26,30)(H2,25,27,32). The fraction of sp³-hybridized carbons (Fsp3) is 0.625. The monoisotopic (exact) mass is 443 g/mol. The smallest absolute Gasteiger partial charge is 0.315 e. The Labute approximate surface area is 191 Å². The minimum absolute atomic E-state index is 0.00575. The molecule has 0 atom stereocenters. The molecule has 2 fully saturated rings. The molecule has 4 amide bonds. The van der Waals surface area contributed by atoms with Gasteiger partial charge in [0, 0.05) is 51.7 Å². The molecule has 1 aliphatic heterocycles. The summed E-state index contributed by atoms with van der Waals surface area (Å²) in [6, 6.07) is 10.0. The maximum absolute atomic E-state index is 12.4. The molecule has 32 heavy (non-hydrogen) atoms. The molecular formula is C24H37N5O3. The molecule has 1 saturated carbocycles. The van der Waals surface area contributed by atoms with Crippen LogP contribution in [0.4, 0.5) is 4.79 Å². The van der Waals surface area contributed by atoms with E-state index in [1.54, 1.807) is 0 Å². The maximum atomic E-state index is 12.4. The summed E-state index contributed by atoms with van der Waals surface area (Å²) in [6.45, 7) is 4.07. The number of piperazine rings is 1. The molecule has 8 nitrogen and oxygen atoms in total. The van der Waals surface area contributed by atoms with E-state index in [2.05, 4.69) is 20.9 Å². The molecule has 0 bridgehead atoms. The first-order valence-electron chi connectivity index (χ1n) is 12.0. The Morgan fingerprint density at radius 1 is 0.906 bits per heavy atom. The minimum Gasteiger partial charge on any atom is -0.351 e. The van der Waals surface area contributed by atoms with E-state index in [4.69, 9.17) is 0 Å². The Hall–Kier alpha value is -2.61. The Bertz CT molecular complexity index is 728. The third-order valence-electron chi connectivity index (χ3n) is 6.22. The number of amides is 4. The van der Waals surface area contributed by atoms with Gasteiger partial charge < -0.3 is 20.9 Å². The van der Waals surface area contributed by atoms with Crippen LogP contribution >= 0.6 is 0 Å². The van der Waals surface area contributed by atoms with Gasteiger partial charge in [0.1, 0.15) is 0 Å². The van der Waals surface area contributed by atoms with Crippen LogP contribution in [-0.2, 0) is 16.1 Å². The van der Waals surface area contributed by atoms with Crippen LogP contribution in [0.2, 0.25) is 0 Å². The first kappa shape index (κ1) is 24.0. The second-order valence-electron chi connectivity index (χ2n) is 8.76. The Kier molecular flexibility index (Phi) is 9.81. The summed E-state index contributed by atoms with van der Waals surface area (Å²) in [5, 5.41) is 8.84. The zero-order chi connectivity index (χ0) is 22.6. The normalized spacial score (nSPS) is 17.6. The molecule has 176 valence electrons. The van der Waals surface area contributed by atoms with Crippen molar-refractivity contribution in [2.75, 3.05) is 39.3 Å². The second-order valence-corrected chi connectivity index (χ2v) is 8.76. The average Bonchev–Trinajstić information content (AvgIpc) is 2.82. The van der Waals surface area contributed by atoms with E-state index in [-0.39, 0.29) is 17.8 Å². The van der Waals surface area contributed by atoms with E-state index in [1.807, 2.05) is 35.2 Å². The molecule has 1 heterocycles. The number of benzene rings is 1. The highest BCUT2D eigenvalue weighted by atomic mass is 16.2. The largest absolute Gasteiger partial charge is 0.351 e. The van der Waals surface area contributed by atoms with E-state index in [0.717, 1.165) is 18.4 Å². The van der Waals surface area contributed by atoms with Crippen LogP contribution in [-0.4, -0.2) is 73.0 Å². The molecule has 0 spiro atoms. The van der Waals surface area contributed by atoms with Gasteiger partial charge in [0.25, 0.3) is 0 Å². The van der Waals surface area contributed by atoms with Gasteiger partial charge in [0.05, 0.1) is 6.54 Å². The SMILES string of the molecule is O=C(CN1CCN(C(=O)CCCNC(=O)NC2CCCCC2)CC1)NCc1ccccc1. The lowest BCUT2D eigenvalue weighted by Crippen LogP contribution is -2.51. The van der Waals surface area contributed by atoms with Crippen LogP contribution in [0.5, 0.6) is 0 Å². The van der Waals surface area contributed by atoms with Gasteiger partial charge >= 0.3 is 6.03 Å². The summed E-state index contributed by atoms with van der Waals surface area (Å²) in [6.07, 6.45) is 6.83. The molecule has 1 aromatic rings. The highest BCUT2D eigenvalue weighted by Crippen LogP contribution is 2.17. The lowest BCUT2D eigenvalue weighted by molar-refractivity contribution is -0.133. The average molecular weight is 444 g/mol. The zero-order valence-electron chi connectivity index (χ0n) is 19.0. The van der Waals surface area contributed by atoms with Crippen molar-refractivity contribution in [1.29, 1.82) is 0 Å². The summed E-state index contributed by atoms with van der Waals surface area (Å²) < 4.78 is 0. The van der Waals surface area contributed by atoms with Crippen LogP contribution in [0, 0.1) is 0 Å². The fourth-order valence-electron chi connectivity index (χ4n) is 4.29. The minimum atomic E-state index is -0.122. The van der Waals surface area contributed by atoms with Crippen molar-refractivity contribution in [3.8, 4) is 0 Å². The van der Waals surface area contributed by atoms with E-state index >= 15 is 0 Å². The number of nitrogens with zero attached hydrogens (tertiary/aromatic N) is 2. The van der Waals surface area contributed by atoms with Gasteiger partial charge in [-0.1, -0.05) is 49.6 Å². The highest BCUT2D eigenvalue weighted by Gasteiger charge is 2.22. The van der Waals surface area contributed by atoms with Crippen LogP contribution < -0.4 is 16.0 Å². The quantitative estimate of drug-likeness (QED) is 0.508. The van der Waals surface area contributed by atoms with E-state index in [1.165, 1.54) is 19.3 Å². The number of rotatable bonds is 9. The van der Waals surface area contributed by atoms with Crippen LogP contribution in [0.25, 0.3) is 0 Å². The Balaban J connectivity index is 1.23. The van der Waals surface area contributed by atoms with Crippen molar-refractivity contribution in [1.82, 2.24) is 25.8 Å². The van der Waals surface area contributed by atoms with Gasteiger partial charge in [-0.2, -0.15) is 0 Å². The predicted molar refractivity (Wildman–Crippen MR) is 124 cm³/mol. The molecular weight excluding hydrogens is 406 g/mol. The number of nitrogens with one attached hydrogen (secondary N) is 3. The fourth-order valence-corrected chi connectivity index (χ4v) is 4.29. The summed E-state index contributed by atoms with van der Waals surface area (Å²) in [5.41, 5.74) is 1.08. The lowest BCUT2D eigenvalue weighted by Gasteiger charge is -2.34. The first-order chi connectivity index (χ1) is 15.6. The lowest BCUT2D eigenvalue weighted by atomic mass is 9.96. The Morgan fingerprint density at radius 2 is 1.62 bits per heavy atom. The number of carbonyl (C=O) groups is 3. The van der Waals surface area contributed by atoms with Gasteiger partial charge in [-0.25, -0.2) is 4.79 Å². The first-order valence-corrected chi connectivity index (χ1v) is 12.0. The van der Waals surface area contributed by atoms with Crippen molar-refractivity contribution in [3.63, 3.8) is 0 Å². The zero-order valence-corrected chi connectivity index (χ0v) is 19.0. The maximum Gasteiger partial charge on any atom is 0.315 e. The van der Waals surface area contributed by atoms with Crippen LogP contribution in [0.15, 0.2) is 30.3 Å². The third-order valence-corrected chi connectivity index (χ3v) is 6.22. The predicted octanol–water partition coefficient (Wildman–Crippen LogP) is 1.86. The van der Waals surface area contributed by atoms with Crippen molar-refractivity contribution in [2.24, 2.45) is 0 Å². The van der Waals surface area contributed by atoms with Gasteiger partial charge in [-0.05, 0) is 24.8 Å². The molecule has 0 radical (unpaired) electrons. The number of hydrogen-bond donors (Lipinski definition) is 3. The summed E-state index contributed by atoms with van der Waals surface area (Å²) in [5.74, 6) is 0.124. The summed E-state index contributed by atoms with van der Waals surface area (Å²) in [7, 11) is 0. The number of carbonyl (C=O) groups excluding carboxylic acids is 3. The molecule has 1 aromatic carbocycles. The molecule has 0 unspecified atom stereocenters. The third kappa shape index (κ3) is 8.49. The van der Waals surface area contributed by atoms with E-state index < -0.39 is 0 Å². The molecule has 8 heteroatoms. The molecule has 1 saturated heterocycles. The molecule has 2 aliphatic rings. The van der Waals surface area contributed by atoms with Crippen molar-refractivity contribution < 1.29 is 14.4 Å². The van der Waals surface area contributed by atoms with Crippen LogP contribution in [0.3, 0.4) is 0 Å². The summed E-state index contributed by atoms with van der Waals surface area (Å²) in [4.78, 5) is 40.5. The second kappa shape index (κ2) is 13.1. The van der Waals surface area contributed by atoms with Gasteiger partial charge in [0.2, 0.25) is 11.8 Å². The van der Waals surface area contributed by atoms with Crippen LogP contribution in [0.1, 0.15) is 50.5 Å². The molecule has 3 N–H and O–H groups in total. The van der Waals surface area contributed by atoms with Crippen molar-refractivity contribution >= 4 is 17.8 Å². The van der Waals surface area contributed by atoms with Crippen molar-refractivity contribution in [2.45, 2.75) is 57.5 Å². The number of hydrogen-bond acceptors (Lipinski definition) is 4. The van der Waals surface area contributed by atoms with Gasteiger partial charge in [0.15, 0.2) is 0 Å². The highest BCUT2D eigenvalue weighted by molar-refractivity contribution is 5.78. The van der Waals surface area contributed by atoms with E-state index in [0.29, 0.717) is 64.7 Å². The molecule has 0 aromatic heterocycles. The molecule has 1 aliphatic carbocycles. The summed E-state index contributed by atoms with van der Waals surface area (Å²) >= 11 is 0. The Morgan fingerprint density at radius 3 is 2.34 bits per heavy atom.